The van der Waals surface area contributed by atoms with E-state index in [1.807, 2.05) is 0 Å². The molecule has 0 aliphatic carbocycles. The van der Waals surface area contributed by atoms with Crippen LogP contribution in [-0.2, 0) is 0 Å². The summed E-state index contributed by atoms with van der Waals surface area (Å²) in [6.07, 6.45) is 0. The Morgan fingerprint density at radius 1 is 0.352 bits per heavy atom. The number of para-hydroxylation sites is 3. The Hall–Kier alpha value is -7.30. The van der Waals surface area contributed by atoms with Crippen molar-refractivity contribution >= 4 is 103 Å². The Morgan fingerprint density at radius 3 is 1.80 bits per heavy atom. The lowest BCUT2D eigenvalue weighted by Gasteiger charge is -2.13. The molecule has 0 saturated heterocycles. The van der Waals surface area contributed by atoms with Gasteiger partial charge in [-0.25, -0.2) is 9.97 Å². The SMILES string of the molecule is c1ccc2c(c1)ccc1ccc(-c3nc(-n4c5ccccc5c5c6c7ccccc7n7c8c9ccccc9ccc8c(cc54)c67)c4ccccc4n3)cc12. The molecule has 0 aliphatic heterocycles. The van der Waals surface area contributed by atoms with Gasteiger partial charge in [0.05, 0.1) is 33.1 Å². The molecule has 13 aromatic rings. The van der Waals surface area contributed by atoms with Crippen LogP contribution >= 0.6 is 0 Å². The Bertz CT molecular complexity index is 3740. The van der Waals surface area contributed by atoms with Gasteiger partial charge in [0.1, 0.15) is 5.82 Å². The highest BCUT2D eigenvalue weighted by molar-refractivity contribution is 6.37. The number of aromatic nitrogens is 4. The van der Waals surface area contributed by atoms with E-state index in [4.69, 9.17) is 9.97 Å². The Morgan fingerprint density at radius 2 is 0.963 bits per heavy atom. The van der Waals surface area contributed by atoms with Crippen molar-refractivity contribution in [3.63, 3.8) is 0 Å². The summed E-state index contributed by atoms with van der Waals surface area (Å²) < 4.78 is 4.92. The van der Waals surface area contributed by atoms with E-state index >= 15 is 0 Å². The molecule has 0 N–H and O–H groups in total. The molecule has 0 fully saturated rings. The first-order valence-corrected chi connectivity index (χ1v) is 18.5. The fraction of sp³-hybridized carbons (Fsp3) is 0. The van der Waals surface area contributed by atoms with Crippen molar-refractivity contribution < 1.29 is 0 Å². The Labute approximate surface area is 308 Å². The molecule has 0 bridgehead atoms. The molecule has 0 amide bonds. The zero-order valence-electron chi connectivity index (χ0n) is 29.0. The first-order valence-electron chi connectivity index (χ1n) is 18.5. The van der Waals surface area contributed by atoms with Gasteiger partial charge in [0.15, 0.2) is 5.82 Å². The van der Waals surface area contributed by atoms with Gasteiger partial charge < -0.3 is 4.40 Å². The average Bonchev–Trinajstić information content (AvgIpc) is 3.87. The van der Waals surface area contributed by atoms with Crippen molar-refractivity contribution in [1.82, 2.24) is 18.9 Å². The molecular formula is C50H28N4. The van der Waals surface area contributed by atoms with E-state index in [0.29, 0.717) is 5.82 Å². The van der Waals surface area contributed by atoms with E-state index in [-0.39, 0.29) is 0 Å². The molecule has 13 rings (SSSR count). The second-order valence-corrected chi connectivity index (χ2v) is 14.5. The third-order valence-corrected chi connectivity index (χ3v) is 11.8. The maximum absolute atomic E-state index is 5.53. The summed E-state index contributed by atoms with van der Waals surface area (Å²) in [5, 5.41) is 15.9. The summed E-state index contributed by atoms with van der Waals surface area (Å²) in [7, 11) is 0. The maximum atomic E-state index is 5.53. The van der Waals surface area contributed by atoms with Gasteiger partial charge in [-0.15, -0.1) is 0 Å². The van der Waals surface area contributed by atoms with Crippen molar-refractivity contribution in [1.29, 1.82) is 0 Å². The first-order chi connectivity index (χ1) is 26.8. The van der Waals surface area contributed by atoms with Gasteiger partial charge in [-0.1, -0.05) is 133 Å². The summed E-state index contributed by atoms with van der Waals surface area (Å²) in [5.41, 5.74) is 7.94. The second-order valence-electron chi connectivity index (χ2n) is 14.5. The van der Waals surface area contributed by atoms with Gasteiger partial charge in [-0.2, -0.15) is 0 Å². The molecule has 9 aromatic carbocycles. The summed E-state index contributed by atoms with van der Waals surface area (Å²) in [6, 6.07) is 61.6. The molecule has 4 heteroatoms. The highest BCUT2D eigenvalue weighted by atomic mass is 15.1. The topological polar surface area (TPSA) is 35.1 Å². The number of rotatable bonds is 2. The molecule has 0 unspecified atom stereocenters. The maximum Gasteiger partial charge on any atom is 0.162 e. The van der Waals surface area contributed by atoms with Crippen LogP contribution in [-0.4, -0.2) is 18.9 Å². The van der Waals surface area contributed by atoms with Crippen molar-refractivity contribution in [2.24, 2.45) is 0 Å². The highest BCUT2D eigenvalue weighted by Crippen LogP contribution is 2.48. The van der Waals surface area contributed by atoms with E-state index in [1.54, 1.807) is 0 Å². The minimum atomic E-state index is 0.712. The second kappa shape index (κ2) is 10.2. The molecule has 4 aromatic heterocycles. The molecule has 0 spiro atoms. The van der Waals surface area contributed by atoms with Gasteiger partial charge in [-0.3, -0.25) is 4.57 Å². The van der Waals surface area contributed by atoms with Gasteiger partial charge in [0.2, 0.25) is 0 Å². The van der Waals surface area contributed by atoms with Gasteiger partial charge in [0.25, 0.3) is 0 Å². The molecule has 248 valence electrons. The molecule has 0 atom stereocenters. The molecule has 4 nitrogen and oxygen atoms in total. The van der Waals surface area contributed by atoms with Crippen LogP contribution in [0.1, 0.15) is 0 Å². The quantitative estimate of drug-likeness (QED) is 0.170. The Balaban J connectivity index is 1.20. The van der Waals surface area contributed by atoms with Crippen LogP contribution in [0, 0.1) is 0 Å². The number of hydrogen-bond donors (Lipinski definition) is 0. The lowest BCUT2D eigenvalue weighted by molar-refractivity contribution is 1.08. The van der Waals surface area contributed by atoms with Crippen LogP contribution in [0.15, 0.2) is 170 Å². The fourth-order valence-corrected chi connectivity index (χ4v) is 9.49. The van der Waals surface area contributed by atoms with Crippen molar-refractivity contribution in [3.05, 3.63) is 170 Å². The minimum Gasteiger partial charge on any atom is -0.307 e. The smallest absolute Gasteiger partial charge is 0.162 e. The summed E-state index contributed by atoms with van der Waals surface area (Å²) in [6.45, 7) is 0. The number of fused-ring (bicyclic) bond motifs is 16. The third kappa shape index (κ3) is 3.57. The van der Waals surface area contributed by atoms with Gasteiger partial charge in [0, 0.05) is 48.7 Å². The average molecular weight is 685 g/mol. The monoisotopic (exact) mass is 684 g/mol. The standard InChI is InChI=1S/C50H28N4/c1-3-13-33-29(11-1)21-22-31-23-24-32(27-39(31)33)49-51-41-18-8-5-15-36(41)50(52-49)53-42-19-9-6-16-37(42)45-44(53)28-40-35-26-25-30-12-2-4-14-34(30)47(35)54-43-20-10-7-17-38(43)46(45)48(40)54/h1-28H. The van der Waals surface area contributed by atoms with Crippen LogP contribution < -0.4 is 0 Å². The van der Waals surface area contributed by atoms with Crippen molar-refractivity contribution in [2.75, 3.05) is 0 Å². The Kier molecular flexibility index (Phi) is 5.34. The molecule has 0 radical (unpaired) electrons. The van der Waals surface area contributed by atoms with E-state index in [1.165, 1.54) is 81.2 Å². The van der Waals surface area contributed by atoms with Crippen molar-refractivity contribution in [3.8, 4) is 17.2 Å². The molecule has 54 heavy (non-hydrogen) atoms. The van der Waals surface area contributed by atoms with Gasteiger partial charge in [-0.05, 0) is 63.3 Å². The molecular weight excluding hydrogens is 657 g/mol. The zero-order valence-corrected chi connectivity index (χ0v) is 29.0. The predicted octanol–water partition coefficient (Wildman–Crippen LogP) is 13.0. The normalized spacial score (nSPS) is 12.4. The van der Waals surface area contributed by atoms with E-state index in [2.05, 4.69) is 179 Å². The van der Waals surface area contributed by atoms with Crippen LogP contribution in [0.5, 0.6) is 0 Å². The van der Waals surface area contributed by atoms with E-state index in [0.717, 1.165) is 33.3 Å². The lowest BCUT2D eigenvalue weighted by atomic mass is 10.00. The van der Waals surface area contributed by atoms with Crippen LogP contribution in [0.25, 0.3) is 120 Å². The number of nitrogens with zero attached hydrogens (tertiary/aromatic N) is 4. The van der Waals surface area contributed by atoms with Crippen LogP contribution in [0.4, 0.5) is 0 Å². The van der Waals surface area contributed by atoms with Gasteiger partial charge >= 0.3 is 0 Å². The summed E-state index contributed by atoms with van der Waals surface area (Å²) in [4.78, 5) is 10.7. The molecule has 0 aliphatic rings. The lowest BCUT2D eigenvalue weighted by Crippen LogP contribution is -2.02. The minimum absolute atomic E-state index is 0.712. The van der Waals surface area contributed by atoms with Crippen LogP contribution in [0.2, 0.25) is 0 Å². The number of hydrogen-bond acceptors (Lipinski definition) is 2. The summed E-state index contributed by atoms with van der Waals surface area (Å²) in [5.74, 6) is 1.59. The fourth-order valence-electron chi connectivity index (χ4n) is 9.49. The largest absolute Gasteiger partial charge is 0.307 e. The predicted molar refractivity (Wildman–Crippen MR) is 226 cm³/mol. The first kappa shape index (κ1) is 28.3. The number of benzene rings is 9. The van der Waals surface area contributed by atoms with E-state index in [9.17, 15) is 0 Å². The van der Waals surface area contributed by atoms with E-state index < -0.39 is 0 Å². The van der Waals surface area contributed by atoms with Crippen molar-refractivity contribution in [2.45, 2.75) is 0 Å². The summed E-state index contributed by atoms with van der Waals surface area (Å²) >= 11 is 0. The third-order valence-electron chi connectivity index (χ3n) is 11.8. The highest BCUT2D eigenvalue weighted by Gasteiger charge is 2.26. The van der Waals surface area contributed by atoms with Crippen LogP contribution in [0.3, 0.4) is 0 Å². The molecule has 4 heterocycles. The zero-order chi connectivity index (χ0) is 35.1. The molecule has 0 saturated carbocycles.